The number of pyridine rings is 2. The second-order valence-corrected chi connectivity index (χ2v) is 4.45. The number of fused-ring (bicyclic) bond motifs is 1. The van der Waals surface area contributed by atoms with Gasteiger partial charge in [0, 0.05) is 12.7 Å². The van der Waals surface area contributed by atoms with Crippen molar-refractivity contribution in [3.8, 4) is 11.4 Å². The Hall–Kier alpha value is -2.47. The summed E-state index contributed by atoms with van der Waals surface area (Å²) in [4.78, 5) is 4.57. The number of hydrogen-bond donors (Lipinski definition) is 2. The molecule has 6 nitrogen and oxygen atoms in total. The molecule has 3 aromatic heterocycles. The van der Waals surface area contributed by atoms with Crippen LogP contribution in [0.1, 0.15) is 6.42 Å². The third kappa shape index (κ3) is 2.46. The van der Waals surface area contributed by atoms with Crippen LogP contribution in [-0.2, 0) is 0 Å². The van der Waals surface area contributed by atoms with E-state index in [4.69, 9.17) is 5.73 Å². The van der Waals surface area contributed by atoms with E-state index in [0.717, 1.165) is 35.7 Å². The number of nitrogens with two attached hydrogens (primary N) is 1. The van der Waals surface area contributed by atoms with Crippen molar-refractivity contribution in [1.82, 2.24) is 19.8 Å². The van der Waals surface area contributed by atoms with E-state index in [1.165, 1.54) is 0 Å². The van der Waals surface area contributed by atoms with Crippen molar-refractivity contribution in [3.05, 3.63) is 42.6 Å². The predicted octanol–water partition coefficient (Wildman–Crippen LogP) is 1.55. The van der Waals surface area contributed by atoms with Crippen LogP contribution in [-0.4, -0.2) is 32.9 Å². The minimum atomic E-state index is 0.669. The first-order valence-electron chi connectivity index (χ1n) is 6.60. The summed E-state index contributed by atoms with van der Waals surface area (Å²) in [5.41, 5.74) is 8.02. The van der Waals surface area contributed by atoms with Gasteiger partial charge in [0.1, 0.15) is 11.5 Å². The molecule has 3 heterocycles. The topological polar surface area (TPSA) is 81.1 Å². The largest absolute Gasteiger partial charge is 0.370 e. The Morgan fingerprint density at radius 3 is 3.00 bits per heavy atom. The Morgan fingerprint density at radius 2 is 2.10 bits per heavy atom. The van der Waals surface area contributed by atoms with Gasteiger partial charge in [-0.15, -0.1) is 5.10 Å². The lowest BCUT2D eigenvalue weighted by Crippen LogP contribution is -2.09. The van der Waals surface area contributed by atoms with Gasteiger partial charge in [-0.3, -0.25) is 0 Å². The van der Waals surface area contributed by atoms with E-state index >= 15 is 0 Å². The SMILES string of the molecule is NCCCNc1cccc(-c2nnn3ccccc23)n1. The Bertz CT molecular complexity index is 705. The summed E-state index contributed by atoms with van der Waals surface area (Å²) in [6, 6.07) is 11.7. The molecule has 102 valence electrons. The third-order valence-electron chi connectivity index (χ3n) is 3.00. The van der Waals surface area contributed by atoms with Crippen LogP contribution in [0.3, 0.4) is 0 Å². The normalized spacial score (nSPS) is 10.8. The van der Waals surface area contributed by atoms with Crippen LogP contribution in [0.15, 0.2) is 42.6 Å². The van der Waals surface area contributed by atoms with Gasteiger partial charge in [-0.1, -0.05) is 17.3 Å². The highest BCUT2D eigenvalue weighted by atomic mass is 15.4. The number of nitrogens with one attached hydrogen (secondary N) is 1. The van der Waals surface area contributed by atoms with Gasteiger partial charge in [-0.25, -0.2) is 9.50 Å². The molecule has 0 aromatic carbocycles. The summed E-state index contributed by atoms with van der Waals surface area (Å²) in [7, 11) is 0. The van der Waals surface area contributed by atoms with E-state index in [-0.39, 0.29) is 0 Å². The molecule has 0 bridgehead atoms. The lowest BCUT2D eigenvalue weighted by Gasteiger charge is -2.05. The molecule has 0 fully saturated rings. The predicted molar refractivity (Wildman–Crippen MR) is 78.4 cm³/mol. The maximum Gasteiger partial charge on any atom is 0.139 e. The molecule has 3 rings (SSSR count). The van der Waals surface area contributed by atoms with Gasteiger partial charge in [0.2, 0.25) is 0 Å². The first-order valence-corrected chi connectivity index (χ1v) is 6.60. The molecule has 0 spiro atoms. The van der Waals surface area contributed by atoms with E-state index < -0.39 is 0 Å². The molecule has 0 saturated heterocycles. The van der Waals surface area contributed by atoms with Crippen molar-refractivity contribution in [1.29, 1.82) is 0 Å². The van der Waals surface area contributed by atoms with Gasteiger partial charge in [-0.05, 0) is 37.2 Å². The van der Waals surface area contributed by atoms with Gasteiger partial charge in [0.25, 0.3) is 0 Å². The molecule has 3 aromatic rings. The lowest BCUT2D eigenvalue weighted by atomic mass is 10.2. The zero-order valence-electron chi connectivity index (χ0n) is 11.0. The van der Waals surface area contributed by atoms with E-state index in [1.54, 1.807) is 4.52 Å². The number of nitrogens with zero attached hydrogens (tertiary/aromatic N) is 4. The average Bonchev–Trinajstić information content (AvgIpc) is 2.92. The molecule has 0 unspecified atom stereocenters. The Balaban J connectivity index is 1.92. The lowest BCUT2D eigenvalue weighted by molar-refractivity contribution is 0.856. The summed E-state index contributed by atoms with van der Waals surface area (Å²) in [5.74, 6) is 0.827. The van der Waals surface area contributed by atoms with E-state index in [2.05, 4.69) is 20.6 Å². The zero-order chi connectivity index (χ0) is 13.8. The van der Waals surface area contributed by atoms with Crippen LogP contribution in [0.25, 0.3) is 16.9 Å². The highest BCUT2D eigenvalue weighted by molar-refractivity contribution is 5.74. The monoisotopic (exact) mass is 268 g/mol. The molecule has 0 aliphatic rings. The van der Waals surface area contributed by atoms with Crippen molar-refractivity contribution in [2.75, 3.05) is 18.4 Å². The van der Waals surface area contributed by atoms with Gasteiger partial charge < -0.3 is 11.1 Å². The second kappa shape index (κ2) is 5.66. The minimum Gasteiger partial charge on any atom is -0.370 e. The average molecular weight is 268 g/mol. The molecule has 20 heavy (non-hydrogen) atoms. The minimum absolute atomic E-state index is 0.669. The van der Waals surface area contributed by atoms with Crippen molar-refractivity contribution < 1.29 is 0 Å². The quantitative estimate of drug-likeness (QED) is 0.686. The molecule has 0 radical (unpaired) electrons. The van der Waals surface area contributed by atoms with Gasteiger partial charge in [-0.2, -0.15) is 0 Å². The van der Waals surface area contributed by atoms with Crippen molar-refractivity contribution in [2.24, 2.45) is 5.73 Å². The Morgan fingerprint density at radius 1 is 1.15 bits per heavy atom. The third-order valence-corrected chi connectivity index (χ3v) is 3.00. The van der Waals surface area contributed by atoms with Crippen LogP contribution in [0.4, 0.5) is 5.82 Å². The fourth-order valence-electron chi connectivity index (χ4n) is 2.01. The highest BCUT2D eigenvalue weighted by Gasteiger charge is 2.09. The zero-order valence-corrected chi connectivity index (χ0v) is 11.0. The van der Waals surface area contributed by atoms with Gasteiger partial charge in [0.05, 0.1) is 11.2 Å². The Labute approximate surface area is 116 Å². The van der Waals surface area contributed by atoms with Crippen LogP contribution in [0, 0.1) is 0 Å². The van der Waals surface area contributed by atoms with Crippen molar-refractivity contribution in [3.63, 3.8) is 0 Å². The smallest absolute Gasteiger partial charge is 0.139 e. The van der Waals surface area contributed by atoms with Crippen molar-refractivity contribution >= 4 is 11.3 Å². The molecular weight excluding hydrogens is 252 g/mol. The van der Waals surface area contributed by atoms with Crippen LogP contribution < -0.4 is 11.1 Å². The van der Waals surface area contributed by atoms with Crippen LogP contribution in [0.2, 0.25) is 0 Å². The number of hydrogen-bond acceptors (Lipinski definition) is 5. The van der Waals surface area contributed by atoms with Crippen LogP contribution in [0.5, 0.6) is 0 Å². The number of rotatable bonds is 5. The molecule has 3 N–H and O–H groups in total. The first kappa shape index (κ1) is 12.6. The molecule has 0 aliphatic carbocycles. The summed E-state index contributed by atoms with van der Waals surface area (Å²) in [5, 5.41) is 11.5. The second-order valence-electron chi connectivity index (χ2n) is 4.45. The summed E-state index contributed by atoms with van der Waals surface area (Å²) < 4.78 is 1.74. The van der Waals surface area contributed by atoms with E-state index in [9.17, 15) is 0 Å². The molecule has 6 heteroatoms. The van der Waals surface area contributed by atoms with Crippen LogP contribution >= 0.6 is 0 Å². The van der Waals surface area contributed by atoms with Gasteiger partial charge >= 0.3 is 0 Å². The fourth-order valence-corrected chi connectivity index (χ4v) is 2.01. The Kier molecular flexibility index (Phi) is 3.56. The van der Waals surface area contributed by atoms with Crippen molar-refractivity contribution in [2.45, 2.75) is 6.42 Å². The standard InChI is InChI=1S/C14H16N6/c15-8-4-9-16-13-7-3-5-11(17-13)14-12-6-1-2-10-20(12)19-18-14/h1-3,5-7,10H,4,8-9,15H2,(H,16,17). The molecular formula is C14H16N6. The molecule has 0 atom stereocenters. The first-order chi connectivity index (χ1) is 9.88. The van der Waals surface area contributed by atoms with Gasteiger partial charge in [0.15, 0.2) is 0 Å². The molecule has 0 saturated carbocycles. The molecule has 0 aliphatic heterocycles. The fraction of sp³-hybridized carbons (Fsp3) is 0.214. The number of aromatic nitrogens is 4. The van der Waals surface area contributed by atoms with E-state index in [0.29, 0.717) is 6.54 Å². The maximum absolute atomic E-state index is 5.48. The summed E-state index contributed by atoms with van der Waals surface area (Å²) in [6.45, 7) is 1.48. The highest BCUT2D eigenvalue weighted by Crippen LogP contribution is 2.21. The number of anilines is 1. The summed E-state index contributed by atoms with van der Waals surface area (Å²) >= 11 is 0. The molecule has 0 amide bonds. The summed E-state index contributed by atoms with van der Waals surface area (Å²) in [6.07, 6.45) is 2.79. The van der Waals surface area contributed by atoms with E-state index in [1.807, 2.05) is 42.6 Å². The maximum atomic E-state index is 5.48.